The molecular weight excluding hydrogens is 114 g/mol. The third-order valence-electron chi connectivity index (χ3n) is 1.16. The van der Waals surface area contributed by atoms with Crippen molar-refractivity contribution in [3.05, 3.63) is 0 Å². The van der Waals surface area contributed by atoms with E-state index in [1.165, 1.54) is 6.42 Å². The molecule has 0 heterocycles. The quantitative estimate of drug-likeness (QED) is 0.601. The minimum absolute atomic E-state index is 0.495. The van der Waals surface area contributed by atoms with Crippen LogP contribution >= 0.6 is 0 Å². The zero-order valence-corrected chi connectivity index (χ0v) is 6.61. The van der Waals surface area contributed by atoms with Crippen LogP contribution in [0.25, 0.3) is 0 Å². The predicted octanol–water partition coefficient (Wildman–Crippen LogP) is 1.02. The Hall–Kier alpha value is -0.0800. The molecule has 0 radical (unpaired) electrons. The Morgan fingerprint density at radius 3 is 2.67 bits per heavy atom. The van der Waals surface area contributed by atoms with Crippen LogP contribution in [0.15, 0.2) is 0 Å². The van der Waals surface area contributed by atoms with Crippen LogP contribution in [0.4, 0.5) is 0 Å². The number of hydrogen-bond acceptors (Lipinski definition) is 2. The Balaban J connectivity index is 2.95. The monoisotopic (exact) mass is 131 g/mol. The maximum atomic E-state index is 4.94. The van der Waals surface area contributed by atoms with Gasteiger partial charge >= 0.3 is 0 Å². The number of methoxy groups -OCH3 is 1. The molecule has 0 aliphatic carbocycles. The minimum Gasteiger partial charge on any atom is -0.383 e. The molecular formula is C7H17NO. The van der Waals surface area contributed by atoms with E-state index in [-0.39, 0.29) is 0 Å². The van der Waals surface area contributed by atoms with Crippen molar-refractivity contribution in [2.45, 2.75) is 26.3 Å². The van der Waals surface area contributed by atoms with Gasteiger partial charge in [-0.15, -0.1) is 0 Å². The van der Waals surface area contributed by atoms with Gasteiger partial charge in [-0.3, -0.25) is 0 Å². The molecule has 1 atom stereocenters. The second kappa shape index (κ2) is 6.05. The maximum absolute atomic E-state index is 4.94. The lowest BCUT2D eigenvalue weighted by Crippen LogP contribution is -2.30. The van der Waals surface area contributed by atoms with Crippen LogP contribution in [0.5, 0.6) is 0 Å². The van der Waals surface area contributed by atoms with Crippen LogP contribution in [0.3, 0.4) is 0 Å². The van der Waals surface area contributed by atoms with Crippen LogP contribution in [-0.2, 0) is 4.74 Å². The molecule has 0 amide bonds. The van der Waals surface area contributed by atoms with Gasteiger partial charge in [0.25, 0.3) is 0 Å². The highest BCUT2D eigenvalue weighted by Gasteiger charge is 1.95. The van der Waals surface area contributed by atoms with E-state index >= 15 is 0 Å². The molecule has 56 valence electrons. The fourth-order valence-electron chi connectivity index (χ4n) is 0.700. The molecule has 0 aliphatic heterocycles. The summed E-state index contributed by atoms with van der Waals surface area (Å²) in [5.74, 6) is 0. The lowest BCUT2D eigenvalue weighted by molar-refractivity contribution is 0.172. The topological polar surface area (TPSA) is 21.3 Å². The highest BCUT2D eigenvalue weighted by Crippen LogP contribution is 1.81. The molecule has 0 unspecified atom stereocenters. The Bertz CT molecular complexity index is 56.9. The van der Waals surface area contributed by atoms with E-state index in [0.717, 1.165) is 13.2 Å². The summed E-state index contributed by atoms with van der Waals surface area (Å²) in [6, 6.07) is 0.495. The van der Waals surface area contributed by atoms with Crippen molar-refractivity contribution >= 4 is 0 Å². The smallest absolute Gasteiger partial charge is 0.0613 e. The van der Waals surface area contributed by atoms with Crippen LogP contribution < -0.4 is 5.32 Å². The van der Waals surface area contributed by atoms with E-state index in [1.807, 2.05) is 0 Å². The van der Waals surface area contributed by atoms with Gasteiger partial charge < -0.3 is 10.1 Å². The lowest BCUT2D eigenvalue weighted by Gasteiger charge is -2.10. The molecule has 9 heavy (non-hydrogen) atoms. The fraction of sp³-hybridized carbons (Fsp3) is 1.00. The molecule has 0 aromatic carbocycles. The molecule has 0 aromatic heterocycles. The largest absolute Gasteiger partial charge is 0.383 e. The van der Waals surface area contributed by atoms with Gasteiger partial charge in [0.1, 0.15) is 0 Å². The van der Waals surface area contributed by atoms with Crippen molar-refractivity contribution in [2.75, 3.05) is 20.3 Å². The molecule has 2 heteroatoms. The number of rotatable bonds is 5. The number of nitrogens with one attached hydrogen (secondary N) is 1. The van der Waals surface area contributed by atoms with E-state index in [1.54, 1.807) is 7.11 Å². The Labute approximate surface area is 57.6 Å². The second-order valence-electron chi connectivity index (χ2n) is 2.31. The van der Waals surface area contributed by atoms with E-state index in [0.29, 0.717) is 6.04 Å². The van der Waals surface area contributed by atoms with Gasteiger partial charge in [-0.25, -0.2) is 0 Å². The first-order valence-electron chi connectivity index (χ1n) is 3.53. The average Bonchev–Trinajstić information content (AvgIpc) is 1.85. The first kappa shape index (κ1) is 8.92. The van der Waals surface area contributed by atoms with Crippen molar-refractivity contribution in [2.24, 2.45) is 0 Å². The minimum atomic E-state index is 0.495. The van der Waals surface area contributed by atoms with Crippen molar-refractivity contribution in [3.63, 3.8) is 0 Å². The van der Waals surface area contributed by atoms with Gasteiger partial charge in [-0.2, -0.15) is 0 Å². The van der Waals surface area contributed by atoms with Gasteiger partial charge in [0.15, 0.2) is 0 Å². The van der Waals surface area contributed by atoms with Gasteiger partial charge in [0.2, 0.25) is 0 Å². The maximum Gasteiger partial charge on any atom is 0.0613 e. The first-order valence-corrected chi connectivity index (χ1v) is 3.53. The zero-order valence-electron chi connectivity index (χ0n) is 6.61. The van der Waals surface area contributed by atoms with Crippen molar-refractivity contribution in [1.82, 2.24) is 5.32 Å². The molecule has 0 fully saturated rings. The van der Waals surface area contributed by atoms with E-state index < -0.39 is 0 Å². The predicted molar refractivity (Wildman–Crippen MR) is 39.6 cm³/mol. The van der Waals surface area contributed by atoms with E-state index in [4.69, 9.17) is 4.74 Å². The number of hydrogen-bond donors (Lipinski definition) is 1. The molecule has 0 aromatic rings. The number of ether oxygens (including phenoxy) is 1. The fourth-order valence-corrected chi connectivity index (χ4v) is 0.700. The Morgan fingerprint density at radius 2 is 2.22 bits per heavy atom. The van der Waals surface area contributed by atoms with Gasteiger partial charge in [-0.05, 0) is 19.9 Å². The molecule has 0 bridgehead atoms. The molecule has 0 spiro atoms. The van der Waals surface area contributed by atoms with Crippen molar-refractivity contribution in [3.8, 4) is 0 Å². The van der Waals surface area contributed by atoms with Crippen LogP contribution in [0.1, 0.15) is 20.3 Å². The SMILES string of the molecule is CCCN[C@@H](C)COC. The summed E-state index contributed by atoms with van der Waals surface area (Å²) < 4.78 is 4.94. The van der Waals surface area contributed by atoms with Crippen LogP contribution in [0.2, 0.25) is 0 Å². The third kappa shape index (κ3) is 5.80. The normalized spacial score (nSPS) is 13.7. The van der Waals surface area contributed by atoms with Gasteiger partial charge in [0.05, 0.1) is 6.61 Å². The molecule has 1 N–H and O–H groups in total. The highest BCUT2D eigenvalue weighted by molar-refractivity contribution is 4.56. The summed E-state index contributed by atoms with van der Waals surface area (Å²) in [7, 11) is 1.73. The third-order valence-corrected chi connectivity index (χ3v) is 1.16. The van der Waals surface area contributed by atoms with Crippen molar-refractivity contribution in [1.29, 1.82) is 0 Å². The van der Waals surface area contributed by atoms with Crippen molar-refractivity contribution < 1.29 is 4.74 Å². The van der Waals surface area contributed by atoms with E-state index in [9.17, 15) is 0 Å². The molecule has 0 saturated heterocycles. The molecule has 0 aliphatic rings. The van der Waals surface area contributed by atoms with Gasteiger partial charge in [0, 0.05) is 13.2 Å². The molecule has 0 rings (SSSR count). The zero-order chi connectivity index (χ0) is 7.11. The Kier molecular flexibility index (Phi) is 5.99. The highest BCUT2D eigenvalue weighted by atomic mass is 16.5. The molecule has 2 nitrogen and oxygen atoms in total. The first-order chi connectivity index (χ1) is 4.31. The van der Waals surface area contributed by atoms with Crippen LogP contribution in [-0.4, -0.2) is 26.3 Å². The summed E-state index contributed by atoms with van der Waals surface area (Å²) in [6.45, 7) is 6.18. The summed E-state index contributed by atoms with van der Waals surface area (Å²) >= 11 is 0. The standard InChI is InChI=1S/C7H17NO/c1-4-5-8-7(2)6-9-3/h7-8H,4-6H2,1-3H3/t7-/m0/s1. The lowest BCUT2D eigenvalue weighted by atomic mass is 10.3. The molecule has 0 saturated carbocycles. The Morgan fingerprint density at radius 1 is 1.56 bits per heavy atom. The summed E-state index contributed by atoms with van der Waals surface area (Å²) in [5, 5.41) is 3.31. The summed E-state index contributed by atoms with van der Waals surface area (Å²) in [5.41, 5.74) is 0. The van der Waals surface area contributed by atoms with Crippen LogP contribution in [0, 0.1) is 0 Å². The summed E-state index contributed by atoms with van der Waals surface area (Å²) in [4.78, 5) is 0. The second-order valence-corrected chi connectivity index (χ2v) is 2.31. The van der Waals surface area contributed by atoms with E-state index in [2.05, 4.69) is 19.2 Å². The van der Waals surface area contributed by atoms with Gasteiger partial charge in [-0.1, -0.05) is 6.92 Å². The average molecular weight is 131 g/mol. The summed E-state index contributed by atoms with van der Waals surface area (Å²) in [6.07, 6.45) is 1.19.